The number of hydrogen-bond donors (Lipinski definition) is 2. The summed E-state index contributed by atoms with van der Waals surface area (Å²) in [6.07, 6.45) is 2.44. The van der Waals surface area contributed by atoms with Crippen LogP contribution in [0.1, 0.15) is 16.8 Å². The molecule has 0 saturated carbocycles. The van der Waals surface area contributed by atoms with E-state index in [0.29, 0.717) is 30.5 Å². The van der Waals surface area contributed by atoms with Crippen molar-refractivity contribution in [3.05, 3.63) is 69.8 Å². The third-order valence-corrected chi connectivity index (χ3v) is 4.77. The summed E-state index contributed by atoms with van der Waals surface area (Å²) in [5, 5.41) is 0. The first-order valence-corrected chi connectivity index (χ1v) is 8.82. The van der Waals surface area contributed by atoms with E-state index < -0.39 is 0 Å². The first kappa shape index (κ1) is 17.2. The van der Waals surface area contributed by atoms with Gasteiger partial charge in [-0.25, -0.2) is 9.97 Å². The number of hydrogen-bond acceptors (Lipinski definition) is 6. The second-order valence-corrected chi connectivity index (χ2v) is 6.59. The molecule has 3 aromatic rings. The second kappa shape index (κ2) is 7.20. The fourth-order valence-electron chi connectivity index (χ4n) is 3.36. The molecule has 0 unspecified atom stereocenters. The number of fused-ring (bicyclic) bond motifs is 1. The van der Waals surface area contributed by atoms with Crippen LogP contribution < -0.4 is 16.0 Å². The first-order chi connectivity index (χ1) is 13.1. The van der Waals surface area contributed by atoms with Crippen molar-refractivity contribution in [2.24, 2.45) is 0 Å². The van der Waals surface area contributed by atoms with Crippen molar-refractivity contribution in [2.75, 3.05) is 19.4 Å². The number of methoxy groups -OCH3 is 1. The standard InChI is InChI=1S/C20H21N5O2/c1-27-20-14(3-2-9-22-20)11-25-10-8-17-16(12-25)19(26)24-18(23-17)13-4-6-15(21)7-5-13/h2-7,9H,8,10-12,21H2,1H3,(H,23,24,26). The minimum absolute atomic E-state index is 0.0883. The lowest BCUT2D eigenvalue weighted by Gasteiger charge is -2.28. The van der Waals surface area contributed by atoms with Crippen molar-refractivity contribution in [3.8, 4) is 17.3 Å². The van der Waals surface area contributed by atoms with Gasteiger partial charge in [0.25, 0.3) is 5.56 Å². The Morgan fingerprint density at radius 3 is 2.85 bits per heavy atom. The largest absolute Gasteiger partial charge is 0.481 e. The maximum Gasteiger partial charge on any atom is 0.255 e. The summed E-state index contributed by atoms with van der Waals surface area (Å²) in [4.78, 5) is 26.7. The normalized spacial score (nSPS) is 14.0. The SMILES string of the molecule is COc1ncccc1CN1CCc2nc(-c3ccc(N)cc3)[nH]c(=O)c2C1. The summed E-state index contributed by atoms with van der Waals surface area (Å²) in [6, 6.07) is 11.2. The van der Waals surface area contributed by atoms with Gasteiger partial charge in [0.2, 0.25) is 5.88 Å². The van der Waals surface area contributed by atoms with E-state index in [4.69, 9.17) is 10.5 Å². The average molecular weight is 363 g/mol. The van der Waals surface area contributed by atoms with Gasteiger partial charge >= 0.3 is 0 Å². The monoisotopic (exact) mass is 363 g/mol. The van der Waals surface area contributed by atoms with Gasteiger partial charge in [0.1, 0.15) is 5.82 Å². The molecule has 1 aromatic carbocycles. The Balaban J connectivity index is 1.58. The van der Waals surface area contributed by atoms with E-state index in [1.807, 2.05) is 24.3 Å². The number of aromatic amines is 1. The summed E-state index contributed by atoms with van der Waals surface area (Å²) in [6.45, 7) is 2.05. The minimum Gasteiger partial charge on any atom is -0.481 e. The van der Waals surface area contributed by atoms with E-state index in [1.165, 1.54) is 0 Å². The number of rotatable bonds is 4. The first-order valence-electron chi connectivity index (χ1n) is 8.82. The molecule has 2 aromatic heterocycles. The van der Waals surface area contributed by atoms with Crippen LogP contribution in [-0.4, -0.2) is 33.5 Å². The maximum absolute atomic E-state index is 12.7. The van der Waals surface area contributed by atoms with Crippen LogP contribution in [0.2, 0.25) is 0 Å². The molecule has 0 atom stereocenters. The van der Waals surface area contributed by atoms with Gasteiger partial charge in [-0.1, -0.05) is 6.07 Å². The summed E-state index contributed by atoms with van der Waals surface area (Å²) in [7, 11) is 1.62. The zero-order chi connectivity index (χ0) is 18.8. The number of ether oxygens (including phenoxy) is 1. The molecule has 0 saturated heterocycles. The predicted octanol–water partition coefficient (Wildman–Crippen LogP) is 1.98. The molecule has 7 nitrogen and oxygen atoms in total. The summed E-state index contributed by atoms with van der Waals surface area (Å²) < 4.78 is 5.33. The lowest BCUT2D eigenvalue weighted by molar-refractivity contribution is 0.237. The topological polar surface area (TPSA) is 97.1 Å². The third kappa shape index (κ3) is 3.54. The quantitative estimate of drug-likeness (QED) is 0.688. The van der Waals surface area contributed by atoms with Gasteiger partial charge in [-0.05, 0) is 30.3 Å². The molecular formula is C20H21N5O2. The predicted molar refractivity (Wildman–Crippen MR) is 103 cm³/mol. The molecule has 0 bridgehead atoms. The van der Waals surface area contributed by atoms with Crippen LogP contribution in [0.25, 0.3) is 11.4 Å². The molecule has 7 heteroatoms. The molecule has 0 spiro atoms. The van der Waals surface area contributed by atoms with Crippen LogP contribution in [-0.2, 0) is 19.5 Å². The Bertz CT molecular complexity index is 1010. The number of nitrogens with two attached hydrogens (primary N) is 1. The van der Waals surface area contributed by atoms with Crippen molar-refractivity contribution in [1.29, 1.82) is 0 Å². The van der Waals surface area contributed by atoms with Crippen LogP contribution in [0.15, 0.2) is 47.4 Å². The van der Waals surface area contributed by atoms with Gasteiger partial charge in [-0.3, -0.25) is 9.69 Å². The number of nitrogens with one attached hydrogen (secondary N) is 1. The van der Waals surface area contributed by atoms with E-state index in [0.717, 1.165) is 35.3 Å². The molecule has 0 amide bonds. The molecule has 1 aliphatic rings. The summed E-state index contributed by atoms with van der Waals surface area (Å²) in [5.74, 6) is 1.20. The molecule has 1 aliphatic heterocycles. The summed E-state index contributed by atoms with van der Waals surface area (Å²) >= 11 is 0. The second-order valence-electron chi connectivity index (χ2n) is 6.59. The Labute approximate surface area is 156 Å². The number of benzene rings is 1. The molecule has 138 valence electrons. The minimum atomic E-state index is -0.0883. The third-order valence-electron chi connectivity index (χ3n) is 4.77. The molecule has 27 heavy (non-hydrogen) atoms. The van der Waals surface area contributed by atoms with E-state index in [2.05, 4.69) is 19.9 Å². The fourth-order valence-corrected chi connectivity index (χ4v) is 3.36. The van der Waals surface area contributed by atoms with Gasteiger partial charge in [-0.2, -0.15) is 0 Å². The van der Waals surface area contributed by atoms with E-state index in [1.54, 1.807) is 25.4 Å². The van der Waals surface area contributed by atoms with Crippen molar-refractivity contribution in [2.45, 2.75) is 19.5 Å². The van der Waals surface area contributed by atoms with Crippen LogP contribution in [0.3, 0.4) is 0 Å². The molecule has 0 radical (unpaired) electrons. The van der Waals surface area contributed by atoms with Crippen molar-refractivity contribution in [3.63, 3.8) is 0 Å². The molecule has 3 N–H and O–H groups in total. The lowest BCUT2D eigenvalue weighted by Crippen LogP contribution is -2.35. The van der Waals surface area contributed by atoms with E-state index >= 15 is 0 Å². The Kier molecular flexibility index (Phi) is 4.60. The zero-order valence-corrected chi connectivity index (χ0v) is 15.1. The van der Waals surface area contributed by atoms with Crippen LogP contribution in [0.5, 0.6) is 5.88 Å². The fraction of sp³-hybridized carbons (Fsp3) is 0.250. The van der Waals surface area contributed by atoms with Crippen LogP contribution in [0.4, 0.5) is 5.69 Å². The highest BCUT2D eigenvalue weighted by molar-refractivity contribution is 5.58. The van der Waals surface area contributed by atoms with Gasteiger partial charge in [0.15, 0.2) is 0 Å². The highest BCUT2D eigenvalue weighted by Gasteiger charge is 2.22. The Morgan fingerprint density at radius 2 is 2.07 bits per heavy atom. The van der Waals surface area contributed by atoms with Gasteiger partial charge < -0.3 is 15.5 Å². The van der Waals surface area contributed by atoms with Crippen molar-refractivity contribution >= 4 is 5.69 Å². The van der Waals surface area contributed by atoms with Crippen molar-refractivity contribution < 1.29 is 4.74 Å². The molecular weight excluding hydrogens is 342 g/mol. The van der Waals surface area contributed by atoms with Gasteiger partial charge in [0, 0.05) is 49.1 Å². The maximum atomic E-state index is 12.7. The Hall–Kier alpha value is -3.19. The number of aromatic nitrogens is 3. The highest BCUT2D eigenvalue weighted by Crippen LogP contribution is 2.22. The molecule has 4 rings (SSSR count). The lowest BCUT2D eigenvalue weighted by atomic mass is 10.1. The van der Waals surface area contributed by atoms with E-state index in [-0.39, 0.29) is 5.56 Å². The Morgan fingerprint density at radius 1 is 1.26 bits per heavy atom. The van der Waals surface area contributed by atoms with Gasteiger partial charge in [0.05, 0.1) is 18.4 Å². The molecule has 0 aliphatic carbocycles. The van der Waals surface area contributed by atoms with E-state index in [9.17, 15) is 4.79 Å². The highest BCUT2D eigenvalue weighted by atomic mass is 16.5. The molecule has 3 heterocycles. The number of anilines is 1. The smallest absolute Gasteiger partial charge is 0.255 e. The van der Waals surface area contributed by atoms with Crippen LogP contribution in [0, 0.1) is 0 Å². The average Bonchev–Trinajstić information content (AvgIpc) is 2.69. The number of pyridine rings is 1. The summed E-state index contributed by atoms with van der Waals surface area (Å²) in [5.41, 5.74) is 9.77. The number of H-pyrrole nitrogens is 1. The van der Waals surface area contributed by atoms with Crippen molar-refractivity contribution in [1.82, 2.24) is 19.9 Å². The number of nitrogen functional groups attached to an aromatic ring is 1. The number of nitrogens with zero attached hydrogens (tertiary/aromatic N) is 3. The van der Waals surface area contributed by atoms with Gasteiger partial charge in [-0.15, -0.1) is 0 Å². The van der Waals surface area contributed by atoms with Crippen LogP contribution >= 0.6 is 0 Å². The zero-order valence-electron chi connectivity index (χ0n) is 15.1. The molecule has 0 fully saturated rings.